The predicted octanol–water partition coefficient (Wildman–Crippen LogP) is 4.35. The summed E-state index contributed by atoms with van der Waals surface area (Å²) in [5.41, 5.74) is -1.48. The van der Waals surface area contributed by atoms with Crippen LogP contribution in [0.2, 0.25) is 0 Å². The fraction of sp³-hybridized carbons (Fsp3) is 0.348. The molecule has 1 aliphatic heterocycles. The lowest BCUT2D eigenvalue weighted by molar-refractivity contribution is -0.197. The second kappa shape index (κ2) is 7.65. The molecule has 32 heavy (non-hydrogen) atoms. The summed E-state index contributed by atoms with van der Waals surface area (Å²) >= 11 is 0. The number of urea groups is 1. The van der Waals surface area contributed by atoms with Gasteiger partial charge in [-0.3, -0.25) is 14.9 Å². The Kier molecular flexibility index (Phi) is 5.57. The molecule has 1 fully saturated rings. The van der Waals surface area contributed by atoms with E-state index in [-0.39, 0.29) is 16.7 Å². The van der Waals surface area contributed by atoms with Gasteiger partial charge in [0.15, 0.2) is 0 Å². The summed E-state index contributed by atoms with van der Waals surface area (Å²) in [7, 11) is 0. The highest BCUT2D eigenvalue weighted by Crippen LogP contribution is 2.36. The van der Waals surface area contributed by atoms with Gasteiger partial charge < -0.3 is 5.32 Å². The van der Waals surface area contributed by atoms with Gasteiger partial charge in [0.1, 0.15) is 0 Å². The molecule has 2 aromatic carbocycles. The Hall–Kier alpha value is -3.36. The van der Waals surface area contributed by atoms with E-state index in [0.29, 0.717) is 10.5 Å². The average Bonchev–Trinajstić information content (AvgIpc) is 2.94. The third-order valence-corrected chi connectivity index (χ3v) is 5.51. The van der Waals surface area contributed by atoms with Gasteiger partial charge in [-0.25, -0.2) is 9.69 Å². The van der Waals surface area contributed by atoms with Crippen LogP contribution >= 0.6 is 0 Å². The molecular weight excluding hydrogens is 423 g/mol. The van der Waals surface area contributed by atoms with Gasteiger partial charge in [-0.2, -0.15) is 13.2 Å². The van der Waals surface area contributed by atoms with Crippen LogP contribution in [0.25, 0.3) is 0 Å². The van der Waals surface area contributed by atoms with Crippen molar-refractivity contribution in [1.82, 2.24) is 10.6 Å². The summed E-state index contributed by atoms with van der Waals surface area (Å²) in [6, 6.07) is 9.14. The van der Waals surface area contributed by atoms with Crippen molar-refractivity contribution in [3.8, 4) is 0 Å². The van der Waals surface area contributed by atoms with E-state index in [2.05, 4.69) is 0 Å². The lowest BCUT2D eigenvalue weighted by Crippen LogP contribution is -2.69. The maximum Gasteiger partial charge on any atom is 0.440 e. The molecule has 0 aromatic heterocycles. The highest BCUT2D eigenvalue weighted by molar-refractivity contribution is 6.24. The minimum atomic E-state index is -5.28. The van der Waals surface area contributed by atoms with E-state index in [0.717, 1.165) is 11.1 Å². The highest BCUT2D eigenvalue weighted by Gasteiger charge is 2.69. The topological polar surface area (TPSA) is 78.5 Å². The van der Waals surface area contributed by atoms with E-state index >= 15 is 0 Å². The number of nitrogens with one attached hydrogen (secondary N) is 2. The first kappa shape index (κ1) is 23.3. The van der Waals surface area contributed by atoms with Gasteiger partial charge in [-0.05, 0) is 60.2 Å². The van der Waals surface area contributed by atoms with Crippen molar-refractivity contribution in [2.45, 2.75) is 51.9 Å². The van der Waals surface area contributed by atoms with Crippen molar-refractivity contribution in [2.75, 3.05) is 4.90 Å². The van der Waals surface area contributed by atoms with Gasteiger partial charge in [0.05, 0.1) is 5.69 Å². The molecule has 0 aliphatic carbocycles. The summed E-state index contributed by atoms with van der Waals surface area (Å²) < 4.78 is 42.3. The standard InChI is InChI=1S/C23H24F3N3O3/c1-13-6-11-17(12-14(13)2)29-19(31)22(23(24,25)26,28-20(29)32)27-18(30)15-7-9-16(10-8-15)21(3,4)5/h6-12H,1-5H3,(H,27,30)(H,28,32). The molecule has 1 aliphatic rings. The Morgan fingerprint density at radius 2 is 1.56 bits per heavy atom. The van der Waals surface area contributed by atoms with Gasteiger partial charge >= 0.3 is 12.2 Å². The molecule has 0 saturated carbocycles. The quantitative estimate of drug-likeness (QED) is 0.687. The molecule has 9 heteroatoms. The number of carbonyl (C=O) groups is 3. The van der Waals surface area contributed by atoms with E-state index in [1.165, 1.54) is 24.3 Å². The minimum absolute atomic E-state index is 0.0227. The number of rotatable bonds is 3. The van der Waals surface area contributed by atoms with Crippen molar-refractivity contribution in [3.63, 3.8) is 0 Å². The monoisotopic (exact) mass is 447 g/mol. The number of hydrogen-bond donors (Lipinski definition) is 2. The maximum atomic E-state index is 14.1. The lowest BCUT2D eigenvalue weighted by atomic mass is 9.86. The first-order valence-corrected chi connectivity index (χ1v) is 9.91. The summed E-state index contributed by atoms with van der Waals surface area (Å²) in [6.45, 7) is 9.35. The van der Waals surface area contributed by atoms with Crippen LogP contribution in [0.4, 0.5) is 23.7 Å². The minimum Gasteiger partial charge on any atom is -0.314 e. The number of amides is 4. The number of halogens is 3. The lowest BCUT2D eigenvalue weighted by Gasteiger charge is -2.30. The molecular formula is C23H24F3N3O3. The molecule has 1 unspecified atom stereocenters. The van der Waals surface area contributed by atoms with E-state index in [1.807, 2.05) is 20.8 Å². The fourth-order valence-electron chi connectivity index (χ4n) is 3.34. The third-order valence-electron chi connectivity index (χ3n) is 5.51. The van der Waals surface area contributed by atoms with E-state index in [9.17, 15) is 27.6 Å². The molecule has 1 saturated heterocycles. The number of aryl methyl sites for hydroxylation is 2. The zero-order valence-electron chi connectivity index (χ0n) is 18.3. The Balaban J connectivity index is 1.97. The number of alkyl halides is 3. The molecule has 0 spiro atoms. The van der Waals surface area contributed by atoms with Crippen molar-refractivity contribution < 1.29 is 27.6 Å². The van der Waals surface area contributed by atoms with E-state index < -0.39 is 29.7 Å². The van der Waals surface area contributed by atoms with Crippen molar-refractivity contribution in [2.24, 2.45) is 0 Å². The zero-order chi connectivity index (χ0) is 24.1. The van der Waals surface area contributed by atoms with Crippen LogP contribution in [-0.4, -0.2) is 29.7 Å². The number of carbonyl (C=O) groups excluding carboxylic acids is 3. The van der Waals surface area contributed by atoms with Crippen LogP contribution in [0.5, 0.6) is 0 Å². The van der Waals surface area contributed by atoms with Crippen molar-refractivity contribution in [1.29, 1.82) is 0 Å². The molecule has 170 valence electrons. The zero-order valence-corrected chi connectivity index (χ0v) is 18.3. The van der Waals surface area contributed by atoms with Crippen LogP contribution < -0.4 is 15.5 Å². The Bertz CT molecular complexity index is 1090. The van der Waals surface area contributed by atoms with Crippen LogP contribution in [0.3, 0.4) is 0 Å². The molecule has 4 amide bonds. The summed E-state index contributed by atoms with van der Waals surface area (Å²) in [5.74, 6) is -2.77. The molecule has 0 radical (unpaired) electrons. The Labute approximate surface area is 183 Å². The van der Waals surface area contributed by atoms with Crippen LogP contribution in [-0.2, 0) is 10.2 Å². The second-order valence-corrected chi connectivity index (χ2v) is 8.87. The van der Waals surface area contributed by atoms with Crippen molar-refractivity contribution >= 4 is 23.5 Å². The number of nitrogens with zero attached hydrogens (tertiary/aromatic N) is 1. The molecule has 1 heterocycles. The number of hydrogen-bond acceptors (Lipinski definition) is 3. The number of benzene rings is 2. The van der Waals surface area contributed by atoms with Gasteiger partial charge in [0, 0.05) is 5.56 Å². The molecule has 0 bridgehead atoms. The normalized spacial score (nSPS) is 19.2. The molecule has 3 rings (SSSR count). The van der Waals surface area contributed by atoms with Crippen molar-refractivity contribution in [3.05, 3.63) is 64.7 Å². The fourth-order valence-corrected chi connectivity index (χ4v) is 3.34. The summed E-state index contributed by atoms with van der Waals surface area (Å²) in [6.07, 6.45) is -5.28. The number of imide groups is 1. The second-order valence-electron chi connectivity index (χ2n) is 8.87. The van der Waals surface area contributed by atoms with E-state index in [1.54, 1.807) is 42.7 Å². The first-order valence-electron chi connectivity index (χ1n) is 9.91. The van der Waals surface area contributed by atoms with Gasteiger partial charge in [0.25, 0.3) is 17.5 Å². The van der Waals surface area contributed by atoms with Crippen LogP contribution in [0, 0.1) is 13.8 Å². The van der Waals surface area contributed by atoms with Crippen LogP contribution in [0.1, 0.15) is 47.8 Å². The van der Waals surface area contributed by atoms with E-state index in [4.69, 9.17) is 0 Å². The number of anilines is 1. The first-order chi connectivity index (χ1) is 14.7. The van der Waals surface area contributed by atoms with Crippen LogP contribution in [0.15, 0.2) is 42.5 Å². The largest absolute Gasteiger partial charge is 0.440 e. The molecule has 2 aromatic rings. The smallest absolute Gasteiger partial charge is 0.314 e. The summed E-state index contributed by atoms with van der Waals surface area (Å²) in [4.78, 5) is 38.5. The van der Waals surface area contributed by atoms with Gasteiger partial charge in [-0.15, -0.1) is 0 Å². The molecule has 2 N–H and O–H groups in total. The predicted molar refractivity (Wildman–Crippen MR) is 113 cm³/mol. The molecule has 1 atom stereocenters. The summed E-state index contributed by atoms with van der Waals surface area (Å²) in [5, 5.41) is 3.38. The third kappa shape index (κ3) is 3.94. The SMILES string of the molecule is Cc1ccc(N2C(=O)NC(NC(=O)c3ccc(C(C)(C)C)cc3)(C(F)(F)F)C2=O)cc1C. The molecule has 6 nitrogen and oxygen atoms in total. The van der Waals surface area contributed by atoms with Gasteiger partial charge in [-0.1, -0.05) is 39.0 Å². The Morgan fingerprint density at radius 1 is 0.969 bits per heavy atom. The highest BCUT2D eigenvalue weighted by atomic mass is 19.4. The van der Waals surface area contributed by atoms with Gasteiger partial charge in [0.2, 0.25) is 0 Å². The average molecular weight is 447 g/mol. The maximum absolute atomic E-state index is 14.1. The Morgan fingerprint density at radius 3 is 2.06 bits per heavy atom.